The summed E-state index contributed by atoms with van der Waals surface area (Å²) in [7, 11) is 0. The van der Waals surface area contributed by atoms with Crippen LogP contribution in [-0.2, 0) is 4.79 Å². The van der Waals surface area contributed by atoms with E-state index in [1.54, 1.807) is 0 Å². The van der Waals surface area contributed by atoms with E-state index in [9.17, 15) is 4.79 Å². The maximum atomic E-state index is 12.6. The molecule has 3 nitrogen and oxygen atoms in total. The van der Waals surface area contributed by atoms with Crippen molar-refractivity contribution in [1.29, 1.82) is 0 Å². The fraction of sp³-hybridized carbons (Fsp3) is 0.656. The van der Waals surface area contributed by atoms with Crippen molar-refractivity contribution in [2.24, 2.45) is 0 Å². The van der Waals surface area contributed by atoms with Crippen molar-refractivity contribution in [1.82, 2.24) is 10.2 Å². The van der Waals surface area contributed by atoms with Gasteiger partial charge in [-0.05, 0) is 231 Å². The molecular formula is C61H100N2OS. The lowest BCUT2D eigenvalue weighted by molar-refractivity contribution is -0.123. The Morgan fingerprint density at radius 2 is 0.738 bits per heavy atom. The van der Waals surface area contributed by atoms with Gasteiger partial charge in [0.2, 0.25) is 5.91 Å². The molecule has 0 aliphatic carbocycles. The molecule has 0 aromatic heterocycles. The topological polar surface area (TPSA) is 32.3 Å². The van der Waals surface area contributed by atoms with Gasteiger partial charge in [-0.1, -0.05) is 116 Å². The predicted molar refractivity (Wildman–Crippen MR) is 294 cm³/mol. The maximum absolute atomic E-state index is 12.6. The average molecular weight is 910 g/mol. The van der Waals surface area contributed by atoms with Crippen LogP contribution in [0.5, 0.6) is 0 Å². The molecule has 2 fully saturated rings. The van der Waals surface area contributed by atoms with E-state index < -0.39 is 0 Å². The van der Waals surface area contributed by atoms with Gasteiger partial charge in [0.25, 0.3) is 0 Å². The van der Waals surface area contributed by atoms with E-state index in [0.717, 1.165) is 82.3 Å². The summed E-state index contributed by atoms with van der Waals surface area (Å²) >= 11 is 1.92. The van der Waals surface area contributed by atoms with Gasteiger partial charge in [-0.15, -0.1) is 0 Å². The minimum atomic E-state index is 0.187. The standard InChI is InChI=1S/C61H100N2OS/c1-50(2)23-12-24-51(3)25-13-26-52(4)27-14-28-53(5)29-15-30-54(6)31-16-32-55(7)33-17-34-56(8)35-18-36-57(9)37-19-38-58(10)39-20-40-59(11)41-47-65-48-44-62-60(64)49-61-42-21-45-63(61)46-22-43-61/h23,25,27,29,31,33,35,37,39,41H,12-22,24,26,28,30,32,34,36,38,40,42-49H2,1-11H3,(H,62,64)/b51-25+,52-27+,53-29+,54-31+,55-33+,56-35+,57-37+,58-39+,59-41+. The molecular weight excluding hydrogens is 809 g/mol. The molecule has 2 heterocycles. The number of hydrogen-bond donors (Lipinski definition) is 1. The van der Waals surface area contributed by atoms with Crippen LogP contribution in [-0.4, -0.2) is 47.5 Å². The zero-order valence-corrected chi connectivity index (χ0v) is 45.2. The lowest BCUT2D eigenvalue weighted by atomic mass is 9.90. The minimum absolute atomic E-state index is 0.187. The van der Waals surface area contributed by atoms with Crippen LogP contribution < -0.4 is 5.32 Å². The summed E-state index contributed by atoms with van der Waals surface area (Å²) in [6.07, 6.45) is 50.9. The van der Waals surface area contributed by atoms with E-state index >= 15 is 0 Å². The number of carbonyl (C=O) groups is 1. The summed E-state index contributed by atoms with van der Waals surface area (Å²) < 4.78 is 0. The first-order valence-electron chi connectivity index (χ1n) is 26.3. The molecule has 2 rings (SSSR count). The Balaban J connectivity index is 1.50. The number of allylic oxidation sites excluding steroid dienone is 19. The molecule has 1 amide bonds. The molecule has 1 N–H and O–H groups in total. The highest BCUT2D eigenvalue weighted by atomic mass is 32.2. The van der Waals surface area contributed by atoms with Crippen LogP contribution in [0.25, 0.3) is 0 Å². The van der Waals surface area contributed by atoms with Crippen LogP contribution in [0.3, 0.4) is 0 Å². The Kier molecular flexibility index (Phi) is 31.7. The third kappa shape index (κ3) is 29.5. The second-order valence-electron chi connectivity index (χ2n) is 20.6. The Morgan fingerprint density at radius 3 is 1.05 bits per heavy atom. The van der Waals surface area contributed by atoms with Crippen molar-refractivity contribution in [2.45, 2.75) is 229 Å². The SMILES string of the molecule is CC(C)=CCC/C(C)=C/CC/C(C)=C/CC/C(C)=C/CC/C(C)=C/CC/C(C)=C/CC/C(C)=C/CC/C(C)=C/CC/C(C)=C/CC/C(C)=C/CSCCNC(=O)CC12CCCN1CCC2. The molecule has 0 radical (unpaired) electrons. The number of nitrogens with zero attached hydrogens (tertiary/aromatic N) is 1. The van der Waals surface area contributed by atoms with Gasteiger partial charge in [0.05, 0.1) is 0 Å². The summed E-state index contributed by atoms with van der Waals surface area (Å²) in [6, 6.07) is 0. The number of carbonyl (C=O) groups excluding carboxylic acids is 1. The van der Waals surface area contributed by atoms with Crippen molar-refractivity contribution in [3.8, 4) is 0 Å². The van der Waals surface area contributed by atoms with Gasteiger partial charge in [-0.25, -0.2) is 0 Å². The van der Waals surface area contributed by atoms with Gasteiger partial charge < -0.3 is 5.32 Å². The maximum Gasteiger partial charge on any atom is 0.221 e. The highest BCUT2D eigenvalue weighted by Crippen LogP contribution is 2.41. The lowest BCUT2D eigenvalue weighted by Crippen LogP contribution is -2.43. The molecule has 0 spiro atoms. The predicted octanol–water partition coefficient (Wildman–Crippen LogP) is 18.4. The Hall–Kier alpha value is -2.82. The molecule has 65 heavy (non-hydrogen) atoms. The quantitative estimate of drug-likeness (QED) is 0.0516. The summed E-state index contributed by atoms with van der Waals surface area (Å²) in [5, 5.41) is 3.19. The largest absolute Gasteiger partial charge is 0.355 e. The minimum Gasteiger partial charge on any atom is -0.355 e. The third-order valence-electron chi connectivity index (χ3n) is 13.8. The second-order valence-corrected chi connectivity index (χ2v) is 21.8. The lowest BCUT2D eigenvalue weighted by Gasteiger charge is -2.31. The number of nitrogens with one attached hydrogen (secondary N) is 1. The van der Waals surface area contributed by atoms with Crippen molar-refractivity contribution in [2.75, 3.05) is 31.1 Å². The van der Waals surface area contributed by atoms with Crippen molar-refractivity contribution < 1.29 is 4.79 Å². The normalized spacial score (nSPS) is 17.3. The van der Waals surface area contributed by atoms with E-state index in [4.69, 9.17) is 0 Å². The molecule has 2 aliphatic rings. The van der Waals surface area contributed by atoms with Crippen LogP contribution in [0, 0.1) is 0 Å². The van der Waals surface area contributed by atoms with Crippen LogP contribution in [0.15, 0.2) is 116 Å². The van der Waals surface area contributed by atoms with Crippen molar-refractivity contribution in [3.05, 3.63) is 116 Å². The Bertz CT molecular complexity index is 1690. The first-order chi connectivity index (χ1) is 31.2. The smallest absolute Gasteiger partial charge is 0.221 e. The second kappa shape index (κ2) is 35.3. The highest BCUT2D eigenvalue weighted by molar-refractivity contribution is 7.99. The van der Waals surface area contributed by atoms with Crippen molar-refractivity contribution in [3.63, 3.8) is 0 Å². The molecule has 0 aromatic carbocycles. The monoisotopic (exact) mass is 909 g/mol. The third-order valence-corrected chi connectivity index (χ3v) is 14.7. The van der Waals surface area contributed by atoms with Crippen LogP contribution in [0.1, 0.15) is 224 Å². The van der Waals surface area contributed by atoms with E-state index in [1.807, 2.05) is 11.8 Å². The van der Waals surface area contributed by atoms with E-state index in [2.05, 4.69) is 147 Å². The molecule has 0 unspecified atom stereocenters. The fourth-order valence-corrected chi connectivity index (χ4v) is 10.1. The van der Waals surface area contributed by atoms with Gasteiger partial charge >= 0.3 is 0 Å². The number of amides is 1. The average Bonchev–Trinajstić information content (AvgIpc) is 3.82. The first-order valence-corrected chi connectivity index (χ1v) is 27.5. The summed E-state index contributed by atoms with van der Waals surface area (Å²) in [6.45, 7) is 28.2. The van der Waals surface area contributed by atoms with E-state index in [1.165, 1.54) is 146 Å². The van der Waals surface area contributed by atoms with Crippen molar-refractivity contribution >= 4 is 17.7 Å². The Labute approximate surface area is 407 Å². The molecule has 0 aromatic rings. The van der Waals surface area contributed by atoms with E-state index in [0.29, 0.717) is 6.42 Å². The molecule has 4 heteroatoms. The molecule has 2 saturated heterocycles. The molecule has 0 bridgehead atoms. The summed E-state index contributed by atoms with van der Waals surface area (Å²) in [5.41, 5.74) is 15.3. The molecule has 2 aliphatic heterocycles. The number of thioether (sulfide) groups is 1. The van der Waals surface area contributed by atoms with Gasteiger partial charge in [0, 0.05) is 30.0 Å². The van der Waals surface area contributed by atoms with Crippen LogP contribution in [0.4, 0.5) is 0 Å². The zero-order chi connectivity index (χ0) is 47.7. The molecule has 366 valence electrons. The number of hydrogen-bond acceptors (Lipinski definition) is 3. The summed E-state index contributed by atoms with van der Waals surface area (Å²) in [4.78, 5) is 15.2. The molecule has 0 saturated carbocycles. The number of rotatable bonds is 34. The van der Waals surface area contributed by atoms with E-state index in [-0.39, 0.29) is 11.4 Å². The van der Waals surface area contributed by atoms with Gasteiger partial charge in [0.15, 0.2) is 0 Å². The van der Waals surface area contributed by atoms with Gasteiger partial charge in [0.1, 0.15) is 0 Å². The number of fused-ring (bicyclic) bond motifs is 1. The fourth-order valence-electron chi connectivity index (χ4n) is 9.30. The van der Waals surface area contributed by atoms with Gasteiger partial charge in [-0.3, -0.25) is 9.69 Å². The van der Waals surface area contributed by atoms with Crippen LogP contribution in [0.2, 0.25) is 0 Å². The molecule has 0 atom stereocenters. The highest BCUT2D eigenvalue weighted by Gasteiger charge is 2.45. The Morgan fingerprint density at radius 1 is 0.446 bits per heavy atom. The van der Waals surface area contributed by atoms with Crippen LogP contribution >= 0.6 is 11.8 Å². The van der Waals surface area contributed by atoms with Gasteiger partial charge in [-0.2, -0.15) is 11.8 Å². The first kappa shape index (κ1) is 58.3. The summed E-state index contributed by atoms with van der Waals surface area (Å²) in [5.74, 6) is 2.27. The zero-order valence-electron chi connectivity index (χ0n) is 44.3.